The molecule has 1 aliphatic heterocycles. The molecule has 0 aliphatic carbocycles. The molecular weight excluding hydrogens is 286 g/mol. The quantitative estimate of drug-likeness (QED) is 0.885. The Balaban J connectivity index is 2.16. The molecule has 2 rings (SSSR count). The Hall–Kier alpha value is -0.950. The van der Waals surface area contributed by atoms with Gasteiger partial charge in [-0.25, -0.2) is 8.42 Å². The Morgan fingerprint density at radius 1 is 1.33 bits per heavy atom. The molecule has 1 aromatic rings. The minimum absolute atomic E-state index is 0.0609. The van der Waals surface area contributed by atoms with E-state index < -0.39 is 10.0 Å². The summed E-state index contributed by atoms with van der Waals surface area (Å²) in [7, 11) is 2.20. The summed E-state index contributed by atoms with van der Waals surface area (Å²) in [5.74, 6) is 0. The molecule has 1 heterocycles. The fourth-order valence-corrected chi connectivity index (χ4v) is 4.16. The molecular formula is C15H25N3O2S. The third-order valence-electron chi connectivity index (χ3n) is 4.10. The van der Waals surface area contributed by atoms with Crippen LogP contribution >= 0.6 is 0 Å². The second-order valence-electron chi connectivity index (χ2n) is 5.75. The summed E-state index contributed by atoms with van der Waals surface area (Å²) in [6, 6.07) is 7.19. The van der Waals surface area contributed by atoms with Crippen molar-refractivity contribution in [3.8, 4) is 0 Å². The molecule has 21 heavy (non-hydrogen) atoms. The molecule has 6 heteroatoms. The van der Waals surface area contributed by atoms with Crippen molar-refractivity contribution in [1.82, 2.24) is 14.5 Å². The van der Waals surface area contributed by atoms with E-state index in [2.05, 4.69) is 10.2 Å². The first-order chi connectivity index (χ1) is 9.95. The third-order valence-corrected chi connectivity index (χ3v) is 6.02. The van der Waals surface area contributed by atoms with Crippen molar-refractivity contribution in [2.75, 3.05) is 34.2 Å². The van der Waals surface area contributed by atoms with Crippen molar-refractivity contribution >= 4 is 10.0 Å². The van der Waals surface area contributed by atoms with E-state index in [-0.39, 0.29) is 6.04 Å². The number of rotatable bonds is 5. The highest BCUT2D eigenvalue weighted by molar-refractivity contribution is 7.89. The maximum atomic E-state index is 12.7. The zero-order chi connectivity index (χ0) is 15.5. The number of likely N-dealkylation sites (N-methyl/N-ethyl adjacent to an activating group) is 2. The fraction of sp³-hybridized carbons (Fsp3) is 0.600. The molecule has 0 aromatic heterocycles. The molecule has 0 amide bonds. The van der Waals surface area contributed by atoms with E-state index >= 15 is 0 Å². The largest absolute Gasteiger partial charge is 0.316 e. The molecule has 1 aliphatic rings. The zero-order valence-corrected chi connectivity index (χ0v) is 13.9. The van der Waals surface area contributed by atoms with Crippen LogP contribution in [0.25, 0.3) is 0 Å². The summed E-state index contributed by atoms with van der Waals surface area (Å²) >= 11 is 0. The monoisotopic (exact) mass is 311 g/mol. The van der Waals surface area contributed by atoms with Gasteiger partial charge in [-0.15, -0.1) is 0 Å². The van der Waals surface area contributed by atoms with Gasteiger partial charge in [-0.2, -0.15) is 4.31 Å². The maximum absolute atomic E-state index is 12.7. The smallest absolute Gasteiger partial charge is 0.243 e. The topological polar surface area (TPSA) is 52.7 Å². The molecule has 0 spiro atoms. The van der Waals surface area contributed by atoms with Crippen LogP contribution in [0.15, 0.2) is 29.2 Å². The number of sulfonamides is 1. The molecule has 1 aromatic carbocycles. The van der Waals surface area contributed by atoms with Crippen LogP contribution < -0.4 is 5.32 Å². The molecule has 1 fully saturated rings. The summed E-state index contributed by atoms with van der Waals surface area (Å²) in [6.45, 7) is 2.58. The molecule has 118 valence electrons. The van der Waals surface area contributed by atoms with Crippen molar-refractivity contribution in [2.24, 2.45) is 0 Å². The van der Waals surface area contributed by atoms with Crippen LogP contribution in [-0.2, 0) is 16.6 Å². The molecule has 0 radical (unpaired) electrons. The average Bonchev–Trinajstić information content (AvgIpc) is 2.47. The first kappa shape index (κ1) is 16.4. The number of hydrogen-bond acceptors (Lipinski definition) is 4. The SMILES string of the molecule is CNCc1ccc(S(=O)(=O)N(C)C2CCCN(C)C2)cc1. The molecule has 1 saturated heterocycles. The van der Waals surface area contributed by atoms with Gasteiger partial charge in [-0.3, -0.25) is 0 Å². The highest BCUT2D eigenvalue weighted by Crippen LogP contribution is 2.22. The minimum Gasteiger partial charge on any atom is -0.316 e. The van der Waals surface area contributed by atoms with Crippen molar-refractivity contribution in [3.05, 3.63) is 29.8 Å². The van der Waals surface area contributed by atoms with Gasteiger partial charge >= 0.3 is 0 Å². The van der Waals surface area contributed by atoms with E-state index in [0.29, 0.717) is 4.90 Å². The van der Waals surface area contributed by atoms with Gasteiger partial charge in [0.2, 0.25) is 10.0 Å². The van der Waals surface area contributed by atoms with Crippen LogP contribution in [0.2, 0.25) is 0 Å². The van der Waals surface area contributed by atoms with Crippen molar-refractivity contribution < 1.29 is 8.42 Å². The van der Waals surface area contributed by atoms with Crippen LogP contribution in [-0.4, -0.2) is 57.9 Å². The van der Waals surface area contributed by atoms with E-state index in [1.807, 2.05) is 26.2 Å². The number of piperidine rings is 1. The van der Waals surface area contributed by atoms with E-state index in [9.17, 15) is 8.42 Å². The Labute approximate surface area is 128 Å². The highest BCUT2D eigenvalue weighted by Gasteiger charge is 2.30. The van der Waals surface area contributed by atoms with E-state index in [0.717, 1.165) is 38.0 Å². The number of nitrogens with zero attached hydrogens (tertiary/aromatic N) is 2. The molecule has 5 nitrogen and oxygen atoms in total. The highest BCUT2D eigenvalue weighted by atomic mass is 32.2. The first-order valence-electron chi connectivity index (χ1n) is 7.35. The second-order valence-corrected chi connectivity index (χ2v) is 7.75. The Morgan fingerprint density at radius 3 is 2.57 bits per heavy atom. The van der Waals surface area contributed by atoms with Crippen LogP contribution in [0.3, 0.4) is 0 Å². The Morgan fingerprint density at radius 2 is 2.00 bits per heavy atom. The Bertz CT molecular complexity index is 557. The number of benzene rings is 1. The van der Waals surface area contributed by atoms with Gasteiger partial charge in [0.05, 0.1) is 4.90 Å². The summed E-state index contributed by atoms with van der Waals surface area (Å²) in [4.78, 5) is 2.56. The number of likely N-dealkylation sites (tertiary alicyclic amines) is 1. The van der Waals surface area contributed by atoms with Crippen molar-refractivity contribution in [2.45, 2.75) is 30.3 Å². The zero-order valence-electron chi connectivity index (χ0n) is 13.0. The summed E-state index contributed by atoms with van der Waals surface area (Å²) < 4.78 is 26.9. The lowest BCUT2D eigenvalue weighted by Crippen LogP contribution is -2.47. The summed E-state index contributed by atoms with van der Waals surface area (Å²) in [5, 5.41) is 3.06. The number of nitrogens with one attached hydrogen (secondary N) is 1. The van der Waals surface area contributed by atoms with Crippen LogP contribution in [0.1, 0.15) is 18.4 Å². The Kier molecular flexibility index (Phi) is 5.37. The van der Waals surface area contributed by atoms with Gasteiger partial charge in [-0.1, -0.05) is 12.1 Å². The van der Waals surface area contributed by atoms with Crippen LogP contribution in [0.4, 0.5) is 0 Å². The average molecular weight is 311 g/mol. The predicted octanol–water partition coefficient (Wildman–Crippen LogP) is 1.12. The van der Waals surface area contributed by atoms with Gasteiger partial charge in [0.1, 0.15) is 0 Å². The van der Waals surface area contributed by atoms with Gasteiger partial charge in [-0.05, 0) is 51.2 Å². The third kappa shape index (κ3) is 3.83. The van der Waals surface area contributed by atoms with Gasteiger partial charge < -0.3 is 10.2 Å². The predicted molar refractivity (Wildman–Crippen MR) is 84.7 cm³/mol. The standard InChI is InChI=1S/C15H25N3O2S/c1-16-11-13-6-8-15(9-7-13)21(19,20)18(3)14-5-4-10-17(2)12-14/h6-9,14,16H,4-5,10-12H2,1-3H3. The lowest BCUT2D eigenvalue weighted by atomic mass is 10.1. The normalized spacial score (nSPS) is 20.9. The van der Waals surface area contributed by atoms with Crippen LogP contribution in [0.5, 0.6) is 0 Å². The van der Waals surface area contributed by atoms with Crippen molar-refractivity contribution in [3.63, 3.8) is 0 Å². The van der Waals surface area contributed by atoms with E-state index in [1.54, 1.807) is 19.2 Å². The first-order valence-corrected chi connectivity index (χ1v) is 8.79. The fourth-order valence-electron chi connectivity index (χ4n) is 2.78. The minimum atomic E-state index is -3.41. The van der Waals surface area contributed by atoms with Crippen LogP contribution in [0, 0.1) is 0 Å². The summed E-state index contributed by atoms with van der Waals surface area (Å²) in [5.41, 5.74) is 1.08. The molecule has 0 bridgehead atoms. The molecule has 1 atom stereocenters. The maximum Gasteiger partial charge on any atom is 0.243 e. The van der Waals surface area contributed by atoms with E-state index in [1.165, 1.54) is 4.31 Å². The lowest BCUT2D eigenvalue weighted by molar-refractivity contribution is 0.187. The van der Waals surface area contributed by atoms with Gasteiger partial charge in [0.25, 0.3) is 0 Å². The molecule has 1 N–H and O–H groups in total. The van der Waals surface area contributed by atoms with E-state index in [4.69, 9.17) is 0 Å². The molecule has 0 saturated carbocycles. The lowest BCUT2D eigenvalue weighted by Gasteiger charge is -2.35. The van der Waals surface area contributed by atoms with Gasteiger partial charge in [0, 0.05) is 26.2 Å². The van der Waals surface area contributed by atoms with Crippen molar-refractivity contribution in [1.29, 1.82) is 0 Å². The number of hydrogen-bond donors (Lipinski definition) is 1. The summed E-state index contributed by atoms with van der Waals surface area (Å²) in [6.07, 6.45) is 1.97. The second kappa shape index (κ2) is 6.87. The molecule has 1 unspecified atom stereocenters. The van der Waals surface area contributed by atoms with Gasteiger partial charge in [0.15, 0.2) is 0 Å².